The monoisotopic (exact) mass is 369 g/mol. The number of methoxy groups -OCH3 is 4. The summed E-state index contributed by atoms with van der Waals surface area (Å²) in [4.78, 5) is 16.6. The molecule has 2 aromatic rings. The van der Waals surface area contributed by atoms with E-state index in [1.165, 1.54) is 7.11 Å². The molecule has 0 radical (unpaired) electrons. The van der Waals surface area contributed by atoms with Crippen molar-refractivity contribution in [3.8, 4) is 23.0 Å². The van der Waals surface area contributed by atoms with Crippen LogP contribution < -0.4 is 18.9 Å². The van der Waals surface area contributed by atoms with Crippen LogP contribution in [-0.2, 0) is 9.53 Å². The number of nitrogens with zero attached hydrogens (tertiary/aromatic N) is 1. The van der Waals surface area contributed by atoms with Gasteiger partial charge in [-0.2, -0.15) is 0 Å². The number of esters is 1. The molecule has 1 aliphatic rings. The van der Waals surface area contributed by atoms with Gasteiger partial charge in [-0.1, -0.05) is 6.07 Å². The first-order chi connectivity index (χ1) is 13.1. The van der Waals surface area contributed by atoms with Crippen LogP contribution in [-0.4, -0.2) is 40.3 Å². The van der Waals surface area contributed by atoms with Crippen molar-refractivity contribution in [2.24, 2.45) is 4.99 Å². The highest BCUT2D eigenvalue weighted by molar-refractivity contribution is 6.14. The topological polar surface area (TPSA) is 75.6 Å². The molecule has 0 fully saturated rings. The molecule has 0 unspecified atom stereocenters. The Kier molecular flexibility index (Phi) is 5.30. The maximum atomic E-state index is 12.3. The van der Waals surface area contributed by atoms with E-state index in [4.69, 9.17) is 23.7 Å². The first kappa shape index (κ1) is 18.3. The lowest BCUT2D eigenvalue weighted by Gasteiger charge is -2.08. The second kappa shape index (κ2) is 7.82. The van der Waals surface area contributed by atoms with Crippen LogP contribution in [0.4, 0.5) is 0 Å². The molecule has 0 aromatic heterocycles. The fraction of sp³-hybridized carbons (Fsp3) is 0.200. The molecule has 0 atom stereocenters. The number of benzene rings is 2. The third-order valence-corrected chi connectivity index (χ3v) is 3.97. The van der Waals surface area contributed by atoms with Crippen LogP contribution >= 0.6 is 0 Å². The van der Waals surface area contributed by atoms with Crippen molar-refractivity contribution in [3.63, 3.8) is 0 Å². The molecule has 0 N–H and O–H groups in total. The second-order valence-corrected chi connectivity index (χ2v) is 5.52. The van der Waals surface area contributed by atoms with Gasteiger partial charge in [0.2, 0.25) is 5.90 Å². The van der Waals surface area contributed by atoms with Crippen LogP contribution in [0.15, 0.2) is 47.1 Å². The average molecular weight is 369 g/mol. The van der Waals surface area contributed by atoms with Gasteiger partial charge in [0.05, 0.1) is 34.0 Å². The number of cyclic esters (lactones) is 1. The minimum atomic E-state index is -0.551. The lowest BCUT2D eigenvalue weighted by atomic mass is 10.1. The smallest absolute Gasteiger partial charge is 0.363 e. The summed E-state index contributed by atoms with van der Waals surface area (Å²) in [6.45, 7) is 0. The molecule has 0 bridgehead atoms. The fourth-order valence-corrected chi connectivity index (χ4v) is 2.61. The van der Waals surface area contributed by atoms with E-state index in [1.807, 2.05) is 0 Å². The molecule has 7 heteroatoms. The second-order valence-electron chi connectivity index (χ2n) is 5.52. The summed E-state index contributed by atoms with van der Waals surface area (Å²) in [5, 5.41) is 0. The van der Waals surface area contributed by atoms with E-state index in [9.17, 15) is 4.79 Å². The van der Waals surface area contributed by atoms with Crippen LogP contribution in [0.1, 0.15) is 11.1 Å². The summed E-state index contributed by atoms with van der Waals surface area (Å²) in [7, 11) is 6.19. The fourth-order valence-electron chi connectivity index (χ4n) is 2.61. The minimum absolute atomic E-state index is 0.155. The number of rotatable bonds is 6. The lowest BCUT2D eigenvalue weighted by molar-refractivity contribution is -0.129. The van der Waals surface area contributed by atoms with Crippen molar-refractivity contribution in [2.75, 3.05) is 28.4 Å². The Hall–Kier alpha value is -3.48. The molecule has 0 amide bonds. The third-order valence-electron chi connectivity index (χ3n) is 3.97. The highest BCUT2D eigenvalue weighted by Gasteiger charge is 2.27. The zero-order valence-corrected chi connectivity index (χ0v) is 15.4. The van der Waals surface area contributed by atoms with E-state index in [0.717, 1.165) is 5.56 Å². The van der Waals surface area contributed by atoms with Gasteiger partial charge in [0.15, 0.2) is 17.2 Å². The summed E-state index contributed by atoms with van der Waals surface area (Å²) in [5.74, 6) is 1.87. The van der Waals surface area contributed by atoms with Gasteiger partial charge in [0, 0.05) is 0 Å². The van der Waals surface area contributed by atoms with Gasteiger partial charge in [0.25, 0.3) is 0 Å². The van der Waals surface area contributed by atoms with E-state index in [-0.39, 0.29) is 11.6 Å². The molecule has 1 aliphatic heterocycles. The molecular formula is C20H19NO6. The number of ether oxygens (including phenoxy) is 5. The van der Waals surface area contributed by atoms with Gasteiger partial charge < -0.3 is 23.7 Å². The summed E-state index contributed by atoms with van der Waals surface area (Å²) >= 11 is 0. The highest BCUT2D eigenvalue weighted by Crippen LogP contribution is 2.31. The standard InChI is InChI=1S/C20H19NO6/c1-23-13-6-8-16(24-2)14(11-13)19-21-15(20(22)27-19)9-12-5-7-17(25-3)18(10-12)26-4/h5-11H,1-4H3. The van der Waals surface area contributed by atoms with Crippen molar-refractivity contribution < 1.29 is 28.5 Å². The maximum Gasteiger partial charge on any atom is 0.363 e. The normalized spacial score (nSPS) is 14.6. The Labute approximate surface area is 156 Å². The average Bonchev–Trinajstić information content (AvgIpc) is 3.07. The molecule has 3 rings (SSSR count). The molecule has 140 valence electrons. The maximum absolute atomic E-state index is 12.3. The summed E-state index contributed by atoms with van der Waals surface area (Å²) in [6.07, 6.45) is 1.62. The van der Waals surface area contributed by atoms with Gasteiger partial charge in [-0.15, -0.1) is 0 Å². The predicted molar refractivity (Wildman–Crippen MR) is 99.7 cm³/mol. The van der Waals surface area contributed by atoms with Crippen LogP contribution in [0.5, 0.6) is 23.0 Å². The van der Waals surface area contributed by atoms with E-state index in [1.54, 1.807) is 63.8 Å². The SMILES string of the molecule is COc1ccc(OC)c(C2=NC(=Cc3ccc(OC)c(OC)c3)C(=O)O2)c1. The van der Waals surface area contributed by atoms with Gasteiger partial charge in [-0.25, -0.2) is 9.79 Å². The lowest BCUT2D eigenvalue weighted by Crippen LogP contribution is -2.07. The van der Waals surface area contributed by atoms with Gasteiger partial charge in [-0.05, 0) is 42.0 Å². The molecule has 0 saturated carbocycles. The summed E-state index contributed by atoms with van der Waals surface area (Å²) in [5.41, 5.74) is 1.42. The van der Waals surface area contributed by atoms with E-state index < -0.39 is 5.97 Å². The van der Waals surface area contributed by atoms with Crippen molar-refractivity contribution in [3.05, 3.63) is 53.2 Å². The number of carbonyl (C=O) groups excluding carboxylic acids is 1. The van der Waals surface area contributed by atoms with Gasteiger partial charge >= 0.3 is 5.97 Å². The Morgan fingerprint density at radius 3 is 2.22 bits per heavy atom. The molecule has 1 heterocycles. The Morgan fingerprint density at radius 1 is 0.852 bits per heavy atom. The molecule has 0 saturated heterocycles. The number of hydrogen-bond acceptors (Lipinski definition) is 7. The number of aliphatic imine (C=N–C) groups is 1. The van der Waals surface area contributed by atoms with Crippen molar-refractivity contribution in [1.29, 1.82) is 0 Å². The zero-order chi connectivity index (χ0) is 19.4. The van der Waals surface area contributed by atoms with Crippen molar-refractivity contribution >= 4 is 17.9 Å². The highest BCUT2D eigenvalue weighted by atomic mass is 16.6. The zero-order valence-electron chi connectivity index (χ0n) is 15.4. The van der Waals surface area contributed by atoms with Crippen LogP contribution in [0, 0.1) is 0 Å². The summed E-state index contributed by atoms with van der Waals surface area (Å²) < 4.78 is 26.4. The molecule has 2 aromatic carbocycles. The quantitative estimate of drug-likeness (QED) is 0.575. The molecule has 7 nitrogen and oxygen atoms in total. The Bertz CT molecular complexity index is 932. The first-order valence-corrected chi connectivity index (χ1v) is 8.06. The third kappa shape index (κ3) is 3.72. The largest absolute Gasteiger partial charge is 0.497 e. The van der Waals surface area contributed by atoms with Crippen molar-refractivity contribution in [1.82, 2.24) is 0 Å². The first-order valence-electron chi connectivity index (χ1n) is 8.06. The van der Waals surface area contributed by atoms with Crippen LogP contribution in [0.3, 0.4) is 0 Å². The predicted octanol–water partition coefficient (Wildman–Crippen LogP) is 3.07. The molecular weight excluding hydrogens is 350 g/mol. The van der Waals surface area contributed by atoms with Gasteiger partial charge in [0.1, 0.15) is 11.5 Å². The van der Waals surface area contributed by atoms with E-state index in [2.05, 4.69) is 4.99 Å². The number of carbonyl (C=O) groups is 1. The minimum Gasteiger partial charge on any atom is -0.497 e. The molecule has 27 heavy (non-hydrogen) atoms. The Balaban J connectivity index is 1.98. The molecule has 0 spiro atoms. The van der Waals surface area contributed by atoms with E-state index >= 15 is 0 Å². The van der Waals surface area contributed by atoms with Crippen LogP contribution in [0.2, 0.25) is 0 Å². The van der Waals surface area contributed by atoms with Crippen LogP contribution in [0.25, 0.3) is 6.08 Å². The summed E-state index contributed by atoms with van der Waals surface area (Å²) in [6, 6.07) is 10.5. The number of hydrogen-bond donors (Lipinski definition) is 0. The van der Waals surface area contributed by atoms with Gasteiger partial charge in [-0.3, -0.25) is 0 Å². The Morgan fingerprint density at radius 2 is 1.56 bits per heavy atom. The molecule has 0 aliphatic carbocycles. The van der Waals surface area contributed by atoms with Crippen molar-refractivity contribution in [2.45, 2.75) is 0 Å². The van der Waals surface area contributed by atoms with E-state index in [0.29, 0.717) is 28.6 Å².